The molecule has 1 aliphatic rings. The Morgan fingerprint density at radius 2 is 1.42 bits per heavy atom. The molecule has 13 heteroatoms. The second kappa shape index (κ2) is 14.6. The van der Waals surface area contributed by atoms with Crippen LogP contribution in [-0.4, -0.2) is 71.6 Å². The van der Waals surface area contributed by atoms with E-state index in [4.69, 9.17) is 5.73 Å². The molecule has 2 heterocycles. The van der Waals surface area contributed by atoms with E-state index in [1.54, 1.807) is 6.20 Å². The standard InChI is InChI=1S/C30H35N7O6/c31-25(38)11-10-22-28(41)34-17-27(40)32-13-12-26(39)35-23(14-18-6-2-1-3-7-18)29(42)37-24(30(43)36-22)15-19-16-33-21-9-5-4-8-20(19)21/h1-9,16,22-24,33H,10-15,17H2,(H2,31,38)(H,32,40)(H,34,41)(H,35,39)(H,36,43)(H,37,42)/t22-,23-,24-/m0/s1. The van der Waals surface area contributed by atoms with E-state index in [1.165, 1.54) is 0 Å². The monoisotopic (exact) mass is 589 g/mol. The molecule has 1 aromatic heterocycles. The van der Waals surface area contributed by atoms with E-state index in [2.05, 4.69) is 31.6 Å². The molecule has 226 valence electrons. The van der Waals surface area contributed by atoms with Gasteiger partial charge in [0.05, 0.1) is 6.54 Å². The van der Waals surface area contributed by atoms with Crippen LogP contribution in [0.3, 0.4) is 0 Å². The summed E-state index contributed by atoms with van der Waals surface area (Å²) in [5.74, 6) is -3.69. The van der Waals surface area contributed by atoms with Crippen molar-refractivity contribution in [2.24, 2.45) is 5.73 Å². The van der Waals surface area contributed by atoms with Crippen LogP contribution in [0.2, 0.25) is 0 Å². The first kappa shape index (κ1) is 30.8. The molecule has 6 amide bonds. The minimum absolute atomic E-state index is 0.0226. The molecule has 0 bridgehead atoms. The molecular formula is C30H35N7O6. The first-order valence-electron chi connectivity index (χ1n) is 14.0. The van der Waals surface area contributed by atoms with Crippen molar-refractivity contribution in [3.8, 4) is 0 Å². The van der Waals surface area contributed by atoms with E-state index in [0.29, 0.717) is 0 Å². The average molecular weight is 590 g/mol. The maximum Gasteiger partial charge on any atom is 0.243 e. The van der Waals surface area contributed by atoms with Gasteiger partial charge in [0.1, 0.15) is 18.1 Å². The van der Waals surface area contributed by atoms with E-state index in [9.17, 15) is 28.8 Å². The number of carbonyl (C=O) groups is 6. The highest BCUT2D eigenvalue weighted by molar-refractivity contribution is 5.96. The van der Waals surface area contributed by atoms with E-state index in [1.807, 2.05) is 54.6 Å². The predicted octanol–water partition coefficient (Wildman–Crippen LogP) is -0.691. The Morgan fingerprint density at radius 1 is 0.744 bits per heavy atom. The van der Waals surface area contributed by atoms with Gasteiger partial charge in [-0.3, -0.25) is 28.8 Å². The van der Waals surface area contributed by atoms with Gasteiger partial charge in [0.25, 0.3) is 0 Å². The Morgan fingerprint density at radius 3 is 2.16 bits per heavy atom. The van der Waals surface area contributed by atoms with E-state index in [-0.39, 0.29) is 38.6 Å². The number of aromatic nitrogens is 1. The van der Waals surface area contributed by atoms with Crippen molar-refractivity contribution in [3.05, 3.63) is 71.9 Å². The van der Waals surface area contributed by atoms with Crippen LogP contribution in [0.5, 0.6) is 0 Å². The lowest BCUT2D eigenvalue weighted by molar-refractivity contribution is -0.134. The molecule has 4 rings (SSSR count). The lowest BCUT2D eigenvalue weighted by Gasteiger charge is -2.26. The van der Waals surface area contributed by atoms with Crippen molar-refractivity contribution in [2.45, 2.75) is 50.2 Å². The van der Waals surface area contributed by atoms with Crippen LogP contribution in [0, 0.1) is 0 Å². The van der Waals surface area contributed by atoms with Gasteiger partial charge in [-0.05, 0) is 23.6 Å². The molecule has 3 atom stereocenters. The number of hydrogen-bond acceptors (Lipinski definition) is 6. The third kappa shape index (κ3) is 8.89. The fourth-order valence-electron chi connectivity index (χ4n) is 4.82. The fraction of sp³-hybridized carbons (Fsp3) is 0.333. The number of para-hydroxylation sites is 1. The molecule has 13 nitrogen and oxygen atoms in total. The quantitative estimate of drug-likeness (QED) is 0.190. The number of primary amides is 1. The third-order valence-corrected chi connectivity index (χ3v) is 7.08. The summed E-state index contributed by atoms with van der Waals surface area (Å²) in [5.41, 5.74) is 7.65. The summed E-state index contributed by atoms with van der Waals surface area (Å²) >= 11 is 0. The second-order valence-electron chi connectivity index (χ2n) is 10.3. The van der Waals surface area contributed by atoms with E-state index >= 15 is 0 Å². The topological polar surface area (TPSA) is 204 Å². The van der Waals surface area contributed by atoms with Crippen molar-refractivity contribution in [1.29, 1.82) is 0 Å². The summed E-state index contributed by atoms with van der Waals surface area (Å²) in [5, 5.41) is 13.9. The summed E-state index contributed by atoms with van der Waals surface area (Å²) in [6.45, 7) is -0.430. The zero-order valence-electron chi connectivity index (χ0n) is 23.5. The number of fused-ring (bicyclic) bond motifs is 1. The van der Waals surface area contributed by atoms with Gasteiger partial charge in [-0.15, -0.1) is 0 Å². The fourth-order valence-corrected chi connectivity index (χ4v) is 4.82. The van der Waals surface area contributed by atoms with Crippen LogP contribution in [0.1, 0.15) is 30.4 Å². The number of nitrogens with two attached hydrogens (primary N) is 1. The van der Waals surface area contributed by atoms with Crippen molar-refractivity contribution in [1.82, 2.24) is 31.6 Å². The summed E-state index contributed by atoms with van der Waals surface area (Å²) in [7, 11) is 0. The van der Waals surface area contributed by atoms with Crippen LogP contribution >= 0.6 is 0 Å². The molecule has 3 aromatic rings. The van der Waals surface area contributed by atoms with Gasteiger partial charge in [-0.1, -0.05) is 48.5 Å². The average Bonchev–Trinajstić information content (AvgIpc) is 3.39. The second-order valence-corrected chi connectivity index (χ2v) is 10.3. The Hall–Kier alpha value is -5.20. The van der Waals surface area contributed by atoms with Gasteiger partial charge in [-0.2, -0.15) is 0 Å². The first-order valence-corrected chi connectivity index (χ1v) is 14.0. The predicted molar refractivity (Wildman–Crippen MR) is 157 cm³/mol. The van der Waals surface area contributed by atoms with Crippen molar-refractivity contribution in [3.63, 3.8) is 0 Å². The van der Waals surface area contributed by atoms with Gasteiger partial charge >= 0.3 is 0 Å². The zero-order chi connectivity index (χ0) is 30.8. The molecule has 2 aromatic carbocycles. The molecule has 0 aliphatic carbocycles. The number of hydrogen-bond donors (Lipinski definition) is 7. The van der Waals surface area contributed by atoms with Crippen LogP contribution < -0.4 is 32.3 Å². The summed E-state index contributed by atoms with van der Waals surface area (Å²) < 4.78 is 0. The normalized spacial score (nSPS) is 20.8. The Bertz CT molecular complexity index is 1490. The molecular weight excluding hydrogens is 554 g/mol. The SMILES string of the molecule is NC(=O)CC[C@@H]1NC(=O)[C@H](Cc2c[nH]c3ccccc23)NC(=O)[C@H](Cc2ccccc2)NC(=O)CCNC(=O)CNC1=O. The number of carbonyl (C=O) groups excluding carboxylic acids is 6. The summed E-state index contributed by atoms with van der Waals surface area (Å²) in [4.78, 5) is 80.0. The van der Waals surface area contributed by atoms with Gasteiger partial charge in [-0.25, -0.2) is 0 Å². The molecule has 8 N–H and O–H groups in total. The van der Waals surface area contributed by atoms with Crippen LogP contribution in [0.4, 0.5) is 0 Å². The number of benzene rings is 2. The molecule has 1 saturated heterocycles. The lowest BCUT2D eigenvalue weighted by Crippen LogP contribution is -2.58. The van der Waals surface area contributed by atoms with Crippen LogP contribution in [-0.2, 0) is 41.6 Å². The van der Waals surface area contributed by atoms with Crippen molar-refractivity contribution >= 4 is 46.3 Å². The number of aromatic amines is 1. The lowest BCUT2D eigenvalue weighted by atomic mass is 10.0. The Kier molecular flexibility index (Phi) is 10.5. The first-order chi connectivity index (χ1) is 20.7. The molecule has 1 fully saturated rings. The number of amides is 6. The molecule has 0 unspecified atom stereocenters. The Labute approximate surface area is 247 Å². The Balaban J connectivity index is 1.66. The maximum absolute atomic E-state index is 13.7. The highest BCUT2D eigenvalue weighted by Gasteiger charge is 2.31. The van der Waals surface area contributed by atoms with Crippen molar-refractivity contribution < 1.29 is 28.8 Å². The maximum atomic E-state index is 13.7. The van der Waals surface area contributed by atoms with Crippen molar-refractivity contribution in [2.75, 3.05) is 13.1 Å². The van der Waals surface area contributed by atoms with Gasteiger partial charge in [0.15, 0.2) is 0 Å². The minimum Gasteiger partial charge on any atom is -0.370 e. The zero-order valence-corrected chi connectivity index (χ0v) is 23.5. The smallest absolute Gasteiger partial charge is 0.243 e. The largest absolute Gasteiger partial charge is 0.370 e. The molecule has 1 aliphatic heterocycles. The van der Waals surface area contributed by atoms with E-state index < -0.39 is 60.1 Å². The van der Waals surface area contributed by atoms with Crippen LogP contribution in [0.15, 0.2) is 60.8 Å². The minimum atomic E-state index is -1.21. The van der Waals surface area contributed by atoms with Crippen LogP contribution in [0.25, 0.3) is 10.9 Å². The van der Waals surface area contributed by atoms with Gasteiger partial charge in [0, 0.05) is 49.3 Å². The van der Waals surface area contributed by atoms with Gasteiger partial charge in [0.2, 0.25) is 35.4 Å². The summed E-state index contributed by atoms with van der Waals surface area (Å²) in [6, 6.07) is 13.1. The molecule has 0 spiro atoms. The number of rotatable bonds is 7. The molecule has 43 heavy (non-hydrogen) atoms. The third-order valence-electron chi connectivity index (χ3n) is 7.08. The highest BCUT2D eigenvalue weighted by Crippen LogP contribution is 2.19. The molecule has 0 saturated carbocycles. The summed E-state index contributed by atoms with van der Waals surface area (Å²) in [6.07, 6.45) is 1.52. The molecule has 0 radical (unpaired) electrons. The van der Waals surface area contributed by atoms with Gasteiger partial charge < -0.3 is 37.3 Å². The number of nitrogens with one attached hydrogen (secondary N) is 6. The van der Waals surface area contributed by atoms with E-state index in [0.717, 1.165) is 22.0 Å². The number of H-pyrrole nitrogens is 1. The highest BCUT2D eigenvalue weighted by atomic mass is 16.2.